The normalized spacial score (nSPS) is 17.6. The fourth-order valence-electron chi connectivity index (χ4n) is 5.62. The van der Waals surface area contributed by atoms with Crippen molar-refractivity contribution in [3.63, 3.8) is 0 Å². The first-order chi connectivity index (χ1) is 17.7. The number of benzene rings is 1. The van der Waals surface area contributed by atoms with E-state index in [-0.39, 0.29) is 11.8 Å². The average Bonchev–Trinajstić information content (AvgIpc) is 3.53. The van der Waals surface area contributed by atoms with Crippen LogP contribution < -0.4 is 0 Å². The minimum absolute atomic E-state index is 0.0538. The van der Waals surface area contributed by atoms with Gasteiger partial charge in [-0.05, 0) is 37.7 Å². The number of aromatic amines is 1. The quantitative estimate of drug-likeness (QED) is 0.595. The van der Waals surface area contributed by atoms with Crippen molar-refractivity contribution in [2.45, 2.75) is 51.6 Å². The summed E-state index contributed by atoms with van der Waals surface area (Å²) < 4.78 is 7.44. The molecular formula is C27H32N6O3. The molecule has 0 radical (unpaired) electrons. The van der Waals surface area contributed by atoms with E-state index < -0.39 is 0 Å². The minimum atomic E-state index is -0.0699. The lowest BCUT2D eigenvalue weighted by molar-refractivity contribution is 0.0296. The third-order valence-electron chi connectivity index (χ3n) is 7.64. The van der Waals surface area contributed by atoms with Crippen LogP contribution in [0, 0.1) is 0 Å². The van der Waals surface area contributed by atoms with Gasteiger partial charge in [0.25, 0.3) is 11.8 Å². The number of aryl methyl sites for hydroxylation is 3. The molecular weight excluding hydrogens is 456 g/mol. The van der Waals surface area contributed by atoms with E-state index in [4.69, 9.17) is 9.84 Å². The number of nitrogens with zero attached hydrogens (tertiary/aromatic N) is 5. The molecule has 3 aliphatic rings. The lowest BCUT2D eigenvalue weighted by Crippen LogP contribution is -2.42. The number of H-pyrrole nitrogens is 1. The second kappa shape index (κ2) is 9.89. The van der Waals surface area contributed by atoms with E-state index >= 15 is 0 Å². The Balaban J connectivity index is 1.28. The summed E-state index contributed by atoms with van der Waals surface area (Å²) in [4.78, 5) is 30.7. The molecule has 2 aliphatic heterocycles. The first-order valence-corrected chi connectivity index (χ1v) is 13.0. The average molecular weight is 489 g/mol. The zero-order chi connectivity index (χ0) is 24.5. The van der Waals surface area contributed by atoms with Gasteiger partial charge in [-0.1, -0.05) is 30.3 Å². The highest BCUT2D eigenvalue weighted by atomic mass is 16.5. The van der Waals surface area contributed by atoms with Crippen molar-refractivity contribution < 1.29 is 14.3 Å². The molecule has 9 heteroatoms. The number of carbonyl (C=O) groups is 2. The van der Waals surface area contributed by atoms with Crippen LogP contribution in [0.2, 0.25) is 0 Å². The number of morpholine rings is 1. The van der Waals surface area contributed by atoms with Gasteiger partial charge in [0.2, 0.25) is 0 Å². The molecule has 1 aromatic carbocycles. The Kier molecular flexibility index (Phi) is 6.31. The smallest absolute Gasteiger partial charge is 0.274 e. The maximum atomic E-state index is 13.5. The Morgan fingerprint density at radius 2 is 1.67 bits per heavy atom. The molecule has 6 rings (SSSR count). The number of fused-ring (bicyclic) bond motifs is 2. The third-order valence-corrected chi connectivity index (χ3v) is 7.64. The van der Waals surface area contributed by atoms with Gasteiger partial charge in [0.1, 0.15) is 0 Å². The molecule has 0 saturated carbocycles. The van der Waals surface area contributed by atoms with E-state index in [2.05, 4.69) is 22.3 Å². The summed E-state index contributed by atoms with van der Waals surface area (Å²) >= 11 is 0. The molecule has 2 amide bonds. The van der Waals surface area contributed by atoms with E-state index in [0.29, 0.717) is 63.7 Å². The number of carbonyl (C=O) groups excluding carboxylic acids is 2. The number of hydrogen-bond acceptors (Lipinski definition) is 5. The third kappa shape index (κ3) is 4.32. The first kappa shape index (κ1) is 23.0. The van der Waals surface area contributed by atoms with Crippen LogP contribution >= 0.6 is 0 Å². The highest BCUT2D eigenvalue weighted by molar-refractivity contribution is 5.96. The van der Waals surface area contributed by atoms with Gasteiger partial charge >= 0.3 is 0 Å². The SMILES string of the molecule is O=C(c1n[nH]c2c1CCCC2)N1CCc2c(c(C(=O)N3CCOCC3)nn2CCc2ccccc2)C1. The van der Waals surface area contributed by atoms with Crippen molar-refractivity contribution >= 4 is 11.8 Å². The van der Waals surface area contributed by atoms with E-state index in [1.165, 1.54) is 5.56 Å². The number of amides is 2. The monoisotopic (exact) mass is 488 g/mol. The Labute approximate surface area is 210 Å². The molecule has 1 aliphatic carbocycles. The summed E-state index contributed by atoms with van der Waals surface area (Å²) in [5.41, 5.74) is 6.37. The van der Waals surface area contributed by atoms with Gasteiger partial charge < -0.3 is 14.5 Å². The molecule has 0 unspecified atom stereocenters. The summed E-state index contributed by atoms with van der Waals surface area (Å²) in [5.74, 6) is -0.124. The number of aromatic nitrogens is 4. The van der Waals surface area contributed by atoms with Gasteiger partial charge in [-0.3, -0.25) is 19.4 Å². The summed E-state index contributed by atoms with van der Waals surface area (Å²) in [6.45, 7) is 3.87. The molecule has 188 valence electrons. The summed E-state index contributed by atoms with van der Waals surface area (Å²) in [6.07, 6.45) is 5.57. The Morgan fingerprint density at radius 1 is 0.889 bits per heavy atom. The molecule has 0 spiro atoms. The second-order valence-electron chi connectivity index (χ2n) is 9.85. The summed E-state index contributed by atoms with van der Waals surface area (Å²) in [5, 5.41) is 12.3. The Hall–Kier alpha value is -3.46. The van der Waals surface area contributed by atoms with Gasteiger partial charge in [0.15, 0.2) is 11.4 Å². The number of nitrogens with one attached hydrogen (secondary N) is 1. The van der Waals surface area contributed by atoms with Gasteiger partial charge in [-0.2, -0.15) is 10.2 Å². The molecule has 1 fully saturated rings. The first-order valence-electron chi connectivity index (χ1n) is 13.0. The van der Waals surface area contributed by atoms with Crippen LogP contribution in [0.25, 0.3) is 0 Å². The maximum absolute atomic E-state index is 13.5. The topological polar surface area (TPSA) is 96.3 Å². The van der Waals surface area contributed by atoms with E-state index in [1.807, 2.05) is 32.7 Å². The van der Waals surface area contributed by atoms with Crippen LogP contribution in [0.3, 0.4) is 0 Å². The van der Waals surface area contributed by atoms with Gasteiger partial charge in [-0.15, -0.1) is 0 Å². The van der Waals surface area contributed by atoms with Crippen LogP contribution in [0.1, 0.15) is 61.9 Å². The van der Waals surface area contributed by atoms with Crippen molar-refractivity contribution in [2.75, 3.05) is 32.8 Å². The van der Waals surface area contributed by atoms with E-state index in [1.54, 1.807) is 0 Å². The largest absolute Gasteiger partial charge is 0.378 e. The lowest BCUT2D eigenvalue weighted by Gasteiger charge is -2.29. The minimum Gasteiger partial charge on any atom is -0.378 e. The van der Waals surface area contributed by atoms with Crippen molar-refractivity contribution in [2.24, 2.45) is 0 Å². The predicted molar refractivity (Wildman–Crippen MR) is 133 cm³/mol. The van der Waals surface area contributed by atoms with Crippen molar-refractivity contribution in [1.29, 1.82) is 0 Å². The molecule has 2 aromatic heterocycles. The Morgan fingerprint density at radius 3 is 2.50 bits per heavy atom. The fourth-order valence-corrected chi connectivity index (χ4v) is 5.62. The number of rotatable bonds is 5. The van der Waals surface area contributed by atoms with E-state index in [9.17, 15) is 9.59 Å². The fraction of sp³-hybridized carbons (Fsp3) is 0.481. The van der Waals surface area contributed by atoms with Crippen molar-refractivity contribution in [3.8, 4) is 0 Å². The maximum Gasteiger partial charge on any atom is 0.274 e. The van der Waals surface area contributed by atoms with Crippen LogP contribution in [0.15, 0.2) is 30.3 Å². The highest BCUT2D eigenvalue weighted by Crippen LogP contribution is 2.28. The van der Waals surface area contributed by atoms with Crippen LogP contribution in [0.5, 0.6) is 0 Å². The molecule has 4 heterocycles. The summed E-state index contributed by atoms with van der Waals surface area (Å²) in [7, 11) is 0. The molecule has 1 saturated heterocycles. The van der Waals surface area contributed by atoms with Crippen molar-refractivity contribution in [1.82, 2.24) is 29.8 Å². The lowest BCUT2D eigenvalue weighted by atomic mass is 9.95. The molecule has 0 bridgehead atoms. The second-order valence-corrected chi connectivity index (χ2v) is 9.85. The van der Waals surface area contributed by atoms with Crippen LogP contribution in [-0.4, -0.2) is 74.4 Å². The standard InChI is InChI=1S/C27H32N6O3/c34-26(24-20-8-4-5-9-22(20)28-29-24)32-12-11-23-21(18-32)25(27(35)31-14-16-36-17-15-31)30-33(23)13-10-19-6-2-1-3-7-19/h1-3,6-7H,4-5,8-18H2,(H,28,29). The predicted octanol–water partition coefficient (Wildman–Crippen LogP) is 2.40. The highest BCUT2D eigenvalue weighted by Gasteiger charge is 2.34. The van der Waals surface area contributed by atoms with E-state index in [0.717, 1.165) is 54.6 Å². The van der Waals surface area contributed by atoms with Gasteiger partial charge in [0.05, 0.1) is 19.8 Å². The molecule has 3 aromatic rings. The summed E-state index contributed by atoms with van der Waals surface area (Å²) in [6, 6.07) is 10.3. The van der Waals surface area contributed by atoms with Crippen LogP contribution in [0.4, 0.5) is 0 Å². The zero-order valence-corrected chi connectivity index (χ0v) is 20.5. The number of hydrogen-bond donors (Lipinski definition) is 1. The van der Waals surface area contributed by atoms with Gasteiger partial charge in [0, 0.05) is 55.1 Å². The number of ether oxygens (including phenoxy) is 1. The molecule has 0 atom stereocenters. The van der Waals surface area contributed by atoms with Gasteiger partial charge in [-0.25, -0.2) is 0 Å². The molecule has 1 N–H and O–H groups in total. The van der Waals surface area contributed by atoms with Crippen LogP contribution in [-0.2, 0) is 43.5 Å². The van der Waals surface area contributed by atoms with Crippen molar-refractivity contribution in [3.05, 3.63) is 69.8 Å². The Bertz CT molecular complexity index is 1260. The zero-order valence-electron chi connectivity index (χ0n) is 20.5. The molecule has 36 heavy (non-hydrogen) atoms. The molecule has 9 nitrogen and oxygen atoms in total.